The SMILES string of the molecule is Cc1ccc(S(=O)(=O)N2CCN(C(=O)CCNC(=O)N(C)Cc3ccccc3)CC2)cc1C. The molecule has 1 heterocycles. The van der Waals surface area contributed by atoms with E-state index in [1.54, 1.807) is 29.0 Å². The average molecular weight is 473 g/mol. The Morgan fingerprint density at radius 1 is 0.970 bits per heavy atom. The number of carbonyl (C=O) groups excluding carboxylic acids is 2. The first-order valence-electron chi connectivity index (χ1n) is 11.1. The number of hydrogen-bond acceptors (Lipinski definition) is 4. The van der Waals surface area contributed by atoms with E-state index < -0.39 is 10.0 Å². The molecule has 0 aromatic heterocycles. The Hall–Kier alpha value is -2.91. The molecule has 0 atom stereocenters. The normalized spacial score (nSPS) is 14.7. The number of urea groups is 1. The van der Waals surface area contributed by atoms with Crippen LogP contribution in [0.25, 0.3) is 0 Å². The number of carbonyl (C=O) groups is 2. The fourth-order valence-electron chi connectivity index (χ4n) is 3.70. The van der Waals surface area contributed by atoms with Crippen molar-refractivity contribution in [3.8, 4) is 0 Å². The summed E-state index contributed by atoms with van der Waals surface area (Å²) in [7, 11) is -1.87. The molecule has 1 fully saturated rings. The summed E-state index contributed by atoms with van der Waals surface area (Å²) in [5.41, 5.74) is 3.00. The number of rotatable bonds is 7. The van der Waals surface area contributed by atoms with Crippen LogP contribution in [0.5, 0.6) is 0 Å². The van der Waals surface area contributed by atoms with Gasteiger partial charge in [0.1, 0.15) is 0 Å². The van der Waals surface area contributed by atoms with Crippen LogP contribution in [0, 0.1) is 13.8 Å². The van der Waals surface area contributed by atoms with Crippen molar-refractivity contribution in [1.29, 1.82) is 0 Å². The zero-order chi connectivity index (χ0) is 24.0. The van der Waals surface area contributed by atoms with Crippen molar-refractivity contribution >= 4 is 22.0 Å². The van der Waals surface area contributed by atoms with Gasteiger partial charge in [0.2, 0.25) is 15.9 Å². The molecule has 3 rings (SSSR count). The van der Waals surface area contributed by atoms with Crippen molar-refractivity contribution in [1.82, 2.24) is 19.4 Å². The van der Waals surface area contributed by atoms with Gasteiger partial charge >= 0.3 is 6.03 Å². The second-order valence-corrected chi connectivity index (χ2v) is 10.3. The summed E-state index contributed by atoms with van der Waals surface area (Å²) in [5.74, 6) is -0.0933. The molecule has 0 bridgehead atoms. The predicted molar refractivity (Wildman–Crippen MR) is 127 cm³/mol. The molecule has 3 amide bonds. The lowest BCUT2D eigenvalue weighted by atomic mass is 10.1. The average Bonchev–Trinajstić information content (AvgIpc) is 2.81. The Morgan fingerprint density at radius 3 is 2.27 bits per heavy atom. The van der Waals surface area contributed by atoms with Gasteiger partial charge in [0.15, 0.2) is 0 Å². The number of nitrogens with zero attached hydrogens (tertiary/aromatic N) is 3. The molecule has 2 aromatic rings. The van der Waals surface area contributed by atoms with Gasteiger partial charge < -0.3 is 15.1 Å². The van der Waals surface area contributed by atoms with E-state index in [2.05, 4.69) is 5.32 Å². The number of piperazine rings is 1. The lowest BCUT2D eigenvalue weighted by Gasteiger charge is -2.34. The van der Waals surface area contributed by atoms with Gasteiger partial charge in [0.05, 0.1) is 4.90 Å². The van der Waals surface area contributed by atoms with Crippen molar-refractivity contribution in [3.63, 3.8) is 0 Å². The maximum absolute atomic E-state index is 12.9. The highest BCUT2D eigenvalue weighted by atomic mass is 32.2. The molecule has 0 spiro atoms. The second-order valence-electron chi connectivity index (χ2n) is 8.35. The number of hydrogen-bond donors (Lipinski definition) is 1. The summed E-state index contributed by atoms with van der Waals surface area (Å²) in [6, 6.07) is 14.6. The third kappa shape index (κ3) is 6.33. The Bertz CT molecular complexity index is 1080. The zero-order valence-electron chi connectivity index (χ0n) is 19.5. The van der Waals surface area contributed by atoms with E-state index >= 15 is 0 Å². The summed E-state index contributed by atoms with van der Waals surface area (Å²) >= 11 is 0. The number of amides is 3. The number of nitrogens with one attached hydrogen (secondary N) is 1. The molecule has 1 aliphatic heterocycles. The minimum Gasteiger partial charge on any atom is -0.340 e. The van der Waals surface area contributed by atoms with E-state index in [0.717, 1.165) is 16.7 Å². The molecule has 0 radical (unpaired) electrons. The Morgan fingerprint density at radius 2 is 1.64 bits per heavy atom. The molecule has 0 aliphatic carbocycles. The fraction of sp³-hybridized carbons (Fsp3) is 0.417. The van der Waals surface area contributed by atoms with Crippen molar-refractivity contribution in [2.24, 2.45) is 0 Å². The van der Waals surface area contributed by atoms with E-state index in [1.165, 1.54) is 4.31 Å². The van der Waals surface area contributed by atoms with Crippen LogP contribution in [-0.4, -0.2) is 74.2 Å². The van der Waals surface area contributed by atoms with Crippen LogP contribution in [-0.2, 0) is 21.4 Å². The van der Waals surface area contributed by atoms with Crippen LogP contribution in [0.3, 0.4) is 0 Å². The smallest absolute Gasteiger partial charge is 0.317 e. The summed E-state index contributed by atoms with van der Waals surface area (Å²) < 4.78 is 27.3. The van der Waals surface area contributed by atoms with Crippen LogP contribution in [0.15, 0.2) is 53.4 Å². The third-order valence-corrected chi connectivity index (χ3v) is 7.83. The maximum atomic E-state index is 12.9. The largest absolute Gasteiger partial charge is 0.340 e. The molecular weight excluding hydrogens is 440 g/mol. The van der Waals surface area contributed by atoms with Crippen LogP contribution in [0.1, 0.15) is 23.1 Å². The highest BCUT2D eigenvalue weighted by Gasteiger charge is 2.30. The minimum absolute atomic E-state index is 0.0933. The summed E-state index contributed by atoms with van der Waals surface area (Å²) in [5, 5.41) is 2.77. The van der Waals surface area contributed by atoms with Crippen LogP contribution in [0.2, 0.25) is 0 Å². The molecule has 1 aliphatic rings. The molecule has 2 aromatic carbocycles. The van der Waals surface area contributed by atoms with E-state index in [1.807, 2.05) is 50.2 Å². The van der Waals surface area contributed by atoms with Crippen molar-refractivity contribution in [2.75, 3.05) is 39.8 Å². The molecule has 0 saturated carbocycles. The first-order valence-corrected chi connectivity index (χ1v) is 12.5. The van der Waals surface area contributed by atoms with Crippen molar-refractivity contribution in [3.05, 3.63) is 65.2 Å². The minimum atomic E-state index is -3.58. The van der Waals surface area contributed by atoms with Gasteiger partial charge in [-0.1, -0.05) is 36.4 Å². The van der Waals surface area contributed by atoms with Crippen molar-refractivity contribution < 1.29 is 18.0 Å². The predicted octanol–water partition coefficient (Wildman–Crippen LogP) is 2.37. The highest BCUT2D eigenvalue weighted by Crippen LogP contribution is 2.20. The molecule has 178 valence electrons. The lowest BCUT2D eigenvalue weighted by molar-refractivity contribution is -0.132. The van der Waals surface area contributed by atoms with Gasteiger partial charge in [-0.2, -0.15) is 4.31 Å². The summed E-state index contributed by atoms with van der Waals surface area (Å²) in [4.78, 5) is 28.3. The zero-order valence-corrected chi connectivity index (χ0v) is 20.3. The van der Waals surface area contributed by atoms with Crippen LogP contribution < -0.4 is 5.32 Å². The highest BCUT2D eigenvalue weighted by molar-refractivity contribution is 7.89. The van der Waals surface area contributed by atoms with Crippen LogP contribution >= 0.6 is 0 Å². The standard InChI is InChI=1S/C24H32N4O4S/c1-19-9-10-22(17-20(19)2)33(31,32)28-15-13-27(14-16-28)23(29)11-12-25-24(30)26(3)18-21-7-5-4-6-8-21/h4-10,17H,11-16,18H2,1-3H3,(H,25,30). The van der Waals surface area contributed by atoms with Gasteiger partial charge in [-0.25, -0.2) is 13.2 Å². The maximum Gasteiger partial charge on any atom is 0.317 e. The van der Waals surface area contributed by atoms with Gasteiger partial charge in [-0.3, -0.25) is 4.79 Å². The number of benzene rings is 2. The summed E-state index contributed by atoms with van der Waals surface area (Å²) in [6.45, 7) is 5.74. The van der Waals surface area contributed by atoms with Gasteiger partial charge in [-0.15, -0.1) is 0 Å². The van der Waals surface area contributed by atoms with Crippen LogP contribution in [0.4, 0.5) is 4.79 Å². The first kappa shape index (κ1) is 24.7. The quantitative estimate of drug-likeness (QED) is 0.670. The Kier molecular flexibility index (Phi) is 8.10. The number of aryl methyl sites for hydroxylation is 2. The molecule has 0 unspecified atom stereocenters. The Labute approximate surface area is 196 Å². The fourth-order valence-corrected chi connectivity index (χ4v) is 5.21. The number of sulfonamides is 1. The topological polar surface area (TPSA) is 90.0 Å². The van der Waals surface area contributed by atoms with Crippen molar-refractivity contribution in [2.45, 2.75) is 31.7 Å². The second kappa shape index (κ2) is 10.8. The van der Waals surface area contributed by atoms with Gasteiger partial charge in [0.25, 0.3) is 0 Å². The van der Waals surface area contributed by atoms with Gasteiger partial charge in [0, 0.05) is 52.7 Å². The first-order chi connectivity index (χ1) is 15.7. The van der Waals surface area contributed by atoms with Gasteiger partial charge in [-0.05, 0) is 42.7 Å². The Balaban J connectivity index is 1.43. The molecule has 9 heteroatoms. The summed E-state index contributed by atoms with van der Waals surface area (Å²) in [6.07, 6.45) is 0.175. The molecule has 1 N–H and O–H groups in total. The monoisotopic (exact) mass is 472 g/mol. The lowest BCUT2D eigenvalue weighted by Crippen LogP contribution is -2.51. The van der Waals surface area contributed by atoms with E-state index in [-0.39, 0.29) is 42.9 Å². The molecular formula is C24H32N4O4S. The van der Waals surface area contributed by atoms with E-state index in [4.69, 9.17) is 0 Å². The third-order valence-electron chi connectivity index (χ3n) is 5.93. The molecule has 33 heavy (non-hydrogen) atoms. The van der Waals surface area contributed by atoms with E-state index in [0.29, 0.717) is 19.6 Å². The molecule has 8 nitrogen and oxygen atoms in total. The van der Waals surface area contributed by atoms with E-state index in [9.17, 15) is 18.0 Å². The molecule has 1 saturated heterocycles.